The Labute approximate surface area is 59.3 Å². The molecule has 0 aromatic rings. The Kier molecular flexibility index (Phi) is 19.9. The second-order valence-electron chi connectivity index (χ2n) is 0.0833. The van der Waals surface area contributed by atoms with E-state index in [0.717, 1.165) is 0 Å². The van der Waals surface area contributed by atoms with E-state index in [1.54, 1.807) is 0 Å². The maximum absolute atomic E-state index is 8.40. The Hall–Kier alpha value is 1.19. The number of hydrogen-bond donors (Lipinski definition) is 0. The topological polar surface area (TPSA) is 34.1 Å². The normalized spacial score (nSPS) is 2.00. The second-order valence-corrected chi connectivity index (χ2v) is 0.250. The zero-order valence-corrected chi connectivity index (χ0v) is 5.96. The van der Waals surface area contributed by atoms with Crippen molar-refractivity contribution in [2.75, 3.05) is 0 Å². The molecule has 0 aliphatic heterocycles. The zero-order valence-electron chi connectivity index (χ0n) is 1.82. The summed E-state index contributed by atoms with van der Waals surface area (Å²) in [6, 6.07) is 0. The van der Waals surface area contributed by atoms with Crippen LogP contribution >= 0.6 is 0 Å². The monoisotopic (exact) mass is 200 g/mol. The van der Waals surface area contributed by atoms with E-state index < -0.39 is 9.29 Å². The first-order valence-corrected chi connectivity index (χ1v) is 1.22. The van der Waals surface area contributed by atoms with Crippen molar-refractivity contribution < 1.29 is 50.7 Å². The van der Waals surface area contributed by atoms with Gasteiger partial charge in [0, 0.05) is 41.7 Å². The molecule has 0 amide bonds. The molecule has 0 saturated carbocycles. The third-order valence-electron chi connectivity index (χ3n) is 0. The minimum absolute atomic E-state index is 0. The molecule has 4 heavy (non-hydrogen) atoms. The van der Waals surface area contributed by atoms with E-state index in [-0.39, 0.29) is 41.7 Å². The predicted molar refractivity (Wildman–Crippen MR) is 7.13 cm³/mol. The SMILES string of the molecule is O=[Si]=O.[Ce]. The smallest absolute Gasteiger partial charge is 0.274 e. The first kappa shape index (κ1) is 8.96. The first-order chi connectivity index (χ1) is 1.41. The van der Waals surface area contributed by atoms with Gasteiger partial charge in [0.2, 0.25) is 0 Å². The molecule has 0 rings (SSSR count). The van der Waals surface area contributed by atoms with E-state index >= 15 is 0 Å². The molecule has 0 fully saturated rings. The van der Waals surface area contributed by atoms with Crippen molar-refractivity contribution in [3.63, 3.8) is 0 Å². The number of rotatable bonds is 0. The zero-order chi connectivity index (χ0) is 2.71. The fourth-order valence-electron chi connectivity index (χ4n) is 0. The summed E-state index contributed by atoms with van der Waals surface area (Å²) in [5.41, 5.74) is 0. The molecule has 0 N–H and O–H groups in total. The van der Waals surface area contributed by atoms with Crippen molar-refractivity contribution in [1.82, 2.24) is 0 Å². The summed E-state index contributed by atoms with van der Waals surface area (Å²) in [4.78, 5) is 0. The van der Waals surface area contributed by atoms with E-state index in [9.17, 15) is 0 Å². The summed E-state index contributed by atoms with van der Waals surface area (Å²) in [6.45, 7) is 0. The van der Waals surface area contributed by atoms with Crippen molar-refractivity contribution in [1.29, 1.82) is 0 Å². The van der Waals surface area contributed by atoms with Crippen molar-refractivity contribution in [2.24, 2.45) is 0 Å². The van der Waals surface area contributed by atoms with Gasteiger partial charge in [-0.15, -0.1) is 0 Å². The fraction of sp³-hybridized carbons (Fsp3) is 0. The molecular formula is CeO2Si. The molecule has 2 nitrogen and oxygen atoms in total. The van der Waals surface area contributed by atoms with Crippen LogP contribution in [0, 0.1) is 41.7 Å². The van der Waals surface area contributed by atoms with Crippen LogP contribution in [0.4, 0.5) is 0 Å². The molecule has 0 aromatic heterocycles. The molecule has 0 radical (unpaired) electrons. The molecular weight excluding hydrogens is 200 g/mol. The van der Waals surface area contributed by atoms with Gasteiger partial charge >= 0.3 is 9.29 Å². The quantitative estimate of drug-likeness (QED) is 0.488. The van der Waals surface area contributed by atoms with Crippen LogP contribution < -0.4 is 0 Å². The van der Waals surface area contributed by atoms with Crippen LogP contribution in [-0.2, 0) is 8.92 Å². The average Bonchev–Trinajstić information content (AvgIpc) is 0.918. The Morgan fingerprint density at radius 2 is 1.25 bits per heavy atom. The van der Waals surface area contributed by atoms with Gasteiger partial charge in [0.15, 0.2) is 0 Å². The van der Waals surface area contributed by atoms with E-state index in [1.807, 2.05) is 0 Å². The molecule has 0 aliphatic carbocycles. The molecule has 0 spiro atoms. The molecule has 0 aromatic carbocycles. The van der Waals surface area contributed by atoms with E-state index in [0.29, 0.717) is 0 Å². The van der Waals surface area contributed by atoms with E-state index in [4.69, 9.17) is 8.92 Å². The van der Waals surface area contributed by atoms with Crippen LogP contribution in [0.1, 0.15) is 0 Å². The largest absolute Gasteiger partial charge is 0.549 e. The maximum atomic E-state index is 8.40. The minimum Gasteiger partial charge on any atom is -0.274 e. The molecule has 0 saturated heterocycles. The van der Waals surface area contributed by atoms with Gasteiger partial charge in [0.25, 0.3) is 0 Å². The van der Waals surface area contributed by atoms with Crippen LogP contribution in [0.5, 0.6) is 0 Å². The Bertz CT molecular complexity index is 27.0. The summed E-state index contributed by atoms with van der Waals surface area (Å²) >= 11 is 0. The van der Waals surface area contributed by atoms with Crippen molar-refractivity contribution >= 4 is 9.29 Å². The summed E-state index contributed by atoms with van der Waals surface area (Å²) in [5.74, 6) is 0. The van der Waals surface area contributed by atoms with Crippen molar-refractivity contribution in [3.05, 3.63) is 0 Å². The number of hydrogen-bond acceptors (Lipinski definition) is 2. The Balaban J connectivity index is 0. The maximum Gasteiger partial charge on any atom is 0.549 e. The molecule has 4 heteroatoms. The van der Waals surface area contributed by atoms with Crippen molar-refractivity contribution in [2.45, 2.75) is 0 Å². The molecule has 0 unspecified atom stereocenters. The van der Waals surface area contributed by atoms with Crippen LogP contribution in [0.3, 0.4) is 0 Å². The van der Waals surface area contributed by atoms with Crippen LogP contribution in [0.25, 0.3) is 0 Å². The van der Waals surface area contributed by atoms with Gasteiger partial charge in [-0.1, -0.05) is 0 Å². The summed E-state index contributed by atoms with van der Waals surface area (Å²) in [6.07, 6.45) is 0. The van der Waals surface area contributed by atoms with Gasteiger partial charge in [0.05, 0.1) is 0 Å². The predicted octanol–water partition coefficient (Wildman–Crippen LogP) is -0.618. The van der Waals surface area contributed by atoms with Gasteiger partial charge in [-0.25, -0.2) is 0 Å². The third kappa shape index (κ3) is 10.8. The molecule has 0 heterocycles. The standard InChI is InChI=1S/Ce.O2Si/c;1-3-2. The summed E-state index contributed by atoms with van der Waals surface area (Å²) in [5, 5.41) is 0. The molecule has 0 bridgehead atoms. The molecule has 0 atom stereocenters. The average molecular weight is 200 g/mol. The fourth-order valence-corrected chi connectivity index (χ4v) is 0. The van der Waals surface area contributed by atoms with E-state index in [1.165, 1.54) is 0 Å². The molecule has 0 aliphatic rings. The van der Waals surface area contributed by atoms with E-state index in [2.05, 4.69) is 0 Å². The second kappa shape index (κ2) is 8.89. The Morgan fingerprint density at radius 1 is 1.25 bits per heavy atom. The summed E-state index contributed by atoms with van der Waals surface area (Å²) < 4.78 is 16.8. The minimum atomic E-state index is -1.42. The van der Waals surface area contributed by atoms with Crippen LogP contribution in [0.15, 0.2) is 0 Å². The summed E-state index contributed by atoms with van der Waals surface area (Å²) in [7, 11) is -1.42. The van der Waals surface area contributed by atoms with Gasteiger partial charge < -0.3 is 0 Å². The van der Waals surface area contributed by atoms with Gasteiger partial charge in [-0.05, 0) is 0 Å². The van der Waals surface area contributed by atoms with Gasteiger partial charge in [0.1, 0.15) is 0 Å². The van der Waals surface area contributed by atoms with Crippen molar-refractivity contribution in [3.8, 4) is 0 Å². The van der Waals surface area contributed by atoms with Gasteiger partial charge in [-0.2, -0.15) is 0 Å². The molecule has 20 valence electrons. The van der Waals surface area contributed by atoms with Gasteiger partial charge in [-0.3, -0.25) is 8.92 Å². The first-order valence-electron chi connectivity index (χ1n) is 0.408. The Morgan fingerprint density at radius 3 is 1.25 bits per heavy atom. The van der Waals surface area contributed by atoms with Crippen LogP contribution in [0.2, 0.25) is 0 Å². The van der Waals surface area contributed by atoms with Crippen LogP contribution in [-0.4, -0.2) is 9.29 Å². The third-order valence-corrected chi connectivity index (χ3v) is 0.